The van der Waals surface area contributed by atoms with Crippen molar-refractivity contribution < 1.29 is 9.53 Å². The van der Waals surface area contributed by atoms with Gasteiger partial charge < -0.3 is 15.4 Å². The van der Waals surface area contributed by atoms with Gasteiger partial charge in [0.15, 0.2) is 0 Å². The molecule has 0 spiro atoms. The summed E-state index contributed by atoms with van der Waals surface area (Å²) in [6.07, 6.45) is 4.11. The van der Waals surface area contributed by atoms with Gasteiger partial charge in [-0.3, -0.25) is 4.79 Å². The van der Waals surface area contributed by atoms with Gasteiger partial charge in [0.2, 0.25) is 5.91 Å². The Hall–Kier alpha value is -2.56. The lowest BCUT2D eigenvalue weighted by Gasteiger charge is -2.09. The second-order valence-electron chi connectivity index (χ2n) is 5.17. The number of nitrogens with zero attached hydrogens (tertiary/aromatic N) is 1. The molecule has 5 nitrogen and oxygen atoms in total. The van der Waals surface area contributed by atoms with E-state index < -0.39 is 0 Å². The van der Waals surface area contributed by atoms with Gasteiger partial charge in [-0.1, -0.05) is 13.3 Å². The highest BCUT2D eigenvalue weighted by molar-refractivity contribution is 5.90. The molecule has 0 fully saturated rings. The van der Waals surface area contributed by atoms with Crippen molar-refractivity contribution in [1.29, 1.82) is 0 Å². The van der Waals surface area contributed by atoms with Gasteiger partial charge in [0.1, 0.15) is 11.6 Å². The predicted octanol–water partition coefficient (Wildman–Crippen LogP) is 4.35. The van der Waals surface area contributed by atoms with Gasteiger partial charge in [-0.15, -0.1) is 0 Å². The summed E-state index contributed by atoms with van der Waals surface area (Å²) in [4.78, 5) is 16.0. The van der Waals surface area contributed by atoms with Gasteiger partial charge in [-0.2, -0.15) is 0 Å². The topological polar surface area (TPSA) is 63.2 Å². The van der Waals surface area contributed by atoms with E-state index in [4.69, 9.17) is 4.74 Å². The predicted molar refractivity (Wildman–Crippen MR) is 93.3 cm³/mol. The Labute approximate surface area is 137 Å². The van der Waals surface area contributed by atoms with Crippen molar-refractivity contribution in [2.24, 2.45) is 0 Å². The molecule has 2 rings (SSSR count). The number of unbranched alkanes of at least 4 members (excludes halogenated alkanes) is 1. The van der Waals surface area contributed by atoms with E-state index in [9.17, 15) is 4.79 Å². The molecule has 0 saturated heterocycles. The zero-order valence-corrected chi connectivity index (χ0v) is 13.6. The molecule has 0 aliphatic heterocycles. The highest BCUT2D eigenvalue weighted by Gasteiger charge is 2.03. The largest absolute Gasteiger partial charge is 0.494 e. The lowest BCUT2D eigenvalue weighted by molar-refractivity contribution is -0.116. The van der Waals surface area contributed by atoms with E-state index in [-0.39, 0.29) is 5.91 Å². The number of hydrogen-bond acceptors (Lipinski definition) is 4. The van der Waals surface area contributed by atoms with Crippen LogP contribution in [0.1, 0.15) is 33.1 Å². The van der Waals surface area contributed by atoms with E-state index >= 15 is 0 Å². The maximum Gasteiger partial charge on any atom is 0.224 e. The molecule has 1 heterocycles. The number of anilines is 3. The third-order valence-corrected chi connectivity index (χ3v) is 3.24. The molecule has 23 heavy (non-hydrogen) atoms. The minimum absolute atomic E-state index is 0.0286. The number of benzene rings is 1. The van der Waals surface area contributed by atoms with Crippen LogP contribution in [-0.2, 0) is 4.79 Å². The summed E-state index contributed by atoms with van der Waals surface area (Å²) >= 11 is 0. The first-order valence-electron chi connectivity index (χ1n) is 7.97. The summed E-state index contributed by atoms with van der Waals surface area (Å²) < 4.78 is 5.41. The number of nitrogens with one attached hydrogen (secondary N) is 2. The third kappa shape index (κ3) is 5.62. The average Bonchev–Trinajstić information content (AvgIpc) is 2.57. The van der Waals surface area contributed by atoms with Crippen molar-refractivity contribution in [3.63, 3.8) is 0 Å². The fourth-order valence-electron chi connectivity index (χ4n) is 2.05. The Morgan fingerprint density at radius 1 is 1.09 bits per heavy atom. The lowest BCUT2D eigenvalue weighted by atomic mass is 10.2. The zero-order valence-electron chi connectivity index (χ0n) is 13.6. The minimum Gasteiger partial charge on any atom is -0.494 e. The van der Waals surface area contributed by atoms with Crippen molar-refractivity contribution >= 4 is 23.1 Å². The maximum atomic E-state index is 11.7. The summed E-state index contributed by atoms with van der Waals surface area (Å²) in [6.45, 7) is 4.68. The van der Waals surface area contributed by atoms with Gasteiger partial charge >= 0.3 is 0 Å². The normalized spacial score (nSPS) is 10.2. The molecule has 1 aromatic heterocycles. The molecule has 1 aromatic carbocycles. The molecule has 1 amide bonds. The van der Waals surface area contributed by atoms with E-state index in [2.05, 4.69) is 22.5 Å². The van der Waals surface area contributed by atoms with Crippen molar-refractivity contribution in [3.05, 3.63) is 42.6 Å². The number of hydrogen-bond donors (Lipinski definition) is 2. The number of pyridine rings is 1. The number of carbonyl (C=O) groups is 1. The monoisotopic (exact) mass is 313 g/mol. The van der Waals surface area contributed by atoms with Crippen LogP contribution < -0.4 is 15.4 Å². The fourth-order valence-corrected chi connectivity index (χ4v) is 2.05. The Morgan fingerprint density at radius 2 is 1.83 bits per heavy atom. The van der Waals surface area contributed by atoms with Crippen LogP contribution in [0.4, 0.5) is 17.2 Å². The van der Waals surface area contributed by atoms with E-state index in [0.29, 0.717) is 18.7 Å². The SMILES string of the molecule is CCCCC(=O)Nc1ccc(Nc2ccc(OCC)cc2)nc1. The second-order valence-corrected chi connectivity index (χ2v) is 5.17. The number of amides is 1. The highest BCUT2D eigenvalue weighted by atomic mass is 16.5. The molecule has 5 heteroatoms. The van der Waals surface area contributed by atoms with Crippen LogP contribution in [0.5, 0.6) is 5.75 Å². The van der Waals surface area contributed by atoms with E-state index in [1.165, 1.54) is 0 Å². The van der Waals surface area contributed by atoms with Crippen molar-refractivity contribution in [2.75, 3.05) is 17.2 Å². The van der Waals surface area contributed by atoms with Gasteiger partial charge in [-0.25, -0.2) is 4.98 Å². The first-order chi connectivity index (χ1) is 11.2. The molecule has 0 atom stereocenters. The first-order valence-corrected chi connectivity index (χ1v) is 7.97. The molecule has 2 N–H and O–H groups in total. The maximum absolute atomic E-state index is 11.7. The summed E-state index contributed by atoms with van der Waals surface area (Å²) in [5, 5.41) is 6.05. The van der Waals surface area contributed by atoms with Gasteiger partial charge in [-0.05, 0) is 49.7 Å². The van der Waals surface area contributed by atoms with Crippen LogP contribution in [-0.4, -0.2) is 17.5 Å². The van der Waals surface area contributed by atoms with Crippen LogP contribution >= 0.6 is 0 Å². The first kappa shape index (κ1) is 16.8. The summed E-state index contributed by atoms with van der Waals surface area (Å²) in [6, 6.07) is 11.4. The van der Waals surface area contributed by atoms with Crippen molar-refractivity contribution in [3.8, 4) is 5.75 Å². The van der Waals surface area contributed by atoms with Crippen LogP contribution in [0.3, 0.4) is 0 Å². The standard InChI is InChI=1S/C18H23N3O2/c1-3-5-6-18(22)21-15-9-12-17(19-13-15)20-14-7-10-16(11-8-14)23-4-2/h7-13H,3-6H2,1-2H3,(H,19,20)(H,21,22). The third-order valence-electron chi connectivity index (χ3n) is 3.24. The summed E-state index contributed by atoms with van der Waals surface area (Å²) in [5.74, 6) is 1.60. The van der Waals surface area contributed by atoms with E-state index in [1.54, 1.807) is 6.20 Å². The number of rotatable bonds is 8. The minimum atomic E-state index is 0.0286. The molecule has 2 aromatic rings. The molecule has 0 bridgehead atoms. The Balaban J connectivity index is 1.90. The number of ether oxygens (including phenoxy) is 1. The number of aromatic nitrogens is 1. The summed E-state index contributed by atoms with van der Waals surface area (Å²) in [5.41, 5.74) is 1.64. The van der Waals surface area contributed by atoms with Crippen LogP contribution in [0.2, 0.25) is 0 Å². The molecule has 122 valence electrons. The molecule has 0 unspecified atom stereocenters. The molecular weight excluding hydrogens is 290 g/mol. The van der Waals surface area contributed by atoms with E-state index in [0.717, 1.165) is 30.1 Å². The van der Waals surface area contributed by atoms with Crippen molar-refractivity contribution in [1.82, 2.24) is 4.98 Å². The highest BCUT2D eigenvalue weighted by Crippen LogP contribution is 2.19. The Morgan fingerprint density at radius 3 is 2.43 bits per heavy atom. The smallest absolute Gasteiger partial charge is 0.224 e. The zero-order chi connectivity index (χ0) is 16.5. The molecule has 0 aliphatic rings. The average molecular weight is 313 g/mol. The molecular formula is C18H23N3O2. The van der Waals surface area contributed by atoms with E-state index in [1.807, 2.05) is 43.3 Å². The second kappa shape index (κ2) is 8.78. The lowest BCUT2D eigenvalue weighted by Crippen LogP contribution is -2.11. The molecule has 0 saturated carbocycles. The van der Waals surface area contributed by atoms with Crippen LogP contribution in [0.15, 0.2) is 42.6 Å². The fraction of sp³-hybridized carbons (Fsp3) is 0.333. The Bertz CT molecular complexity index is 609. The van der Waals surface area contributed by atoms with Gasteiger partial charge in [0.05, 0.1) is 18.5 Å². The Kier molecular flexibility index (Phi) is 6.41. The van der Waals surface area contributed by atoms with Gasteiger partial charge in [0, 0.05) is 12.1 Å². The molecule has 0 radical (unpaired) electrons. The van der Waals surface area contributed by atoms with Crippen molar-refractivity contribution in [2.45, 2.75) is 33.1 Å². The number of carbonyl (C=O) groups excluding carboxylic acids is 1. The van der Waals surface area contributed by atoms with Gasteiger partial charge in [0.25, 0.3) is 0 Å². The van der Waals surface area contributed by atoms with Crippen LogP contribution in [0, 0.1) is 0 Å². The molecule has 0 aliphatic carbocycles. The van der Waals surface area contributed by atoms with Crippen LogP contribution in [0.25, 0.3) is 0 Å². The quantitative estimate of drug-likeness (QED) is 0.760. The summed E-state index contributed by atoms with van der Waals surface area (Å²) in [7, 11) is 0.